The summed E-state index contributed by atoms with van der Waals surface area (Å²) in [7, 11) is 0.622. The highest BCUT2D eigenvalue weighted by atomic mass is 28.4. The van der Waals surface area contributed by atoms with E-state index in [2.05, 4.69) is 0 Å². The highest BCUT2D eigenvalue weighted by molar-refractivity contribution is 6.60. The van der Waals surface area contributed by atoms with Gasteiger partial charge in [0.1, 0.15) is 5.82 Å². The van der Waals surface area contributed by atoms with E-state index in [4.69, 9.17) is 13.3 Å². The second-order valence-electron chi connectivity index (χ2n) is 3.65. The van der Waals surface area contributed by atoms with Crippen molar-refractivity contribution in [2.24, 2.45) is 0 Å². The Hall–Kier alpha value is -0.753. The molecule has 96 valence electrons. The summed E-state index contributed by atoms with van der Waals surface area (Å²) in [6.45, 7) is 2.46. The smallest absolute Gasteiger partial charge is 0.377 e. The van der Waals surface area contributed by atoms with Crippen LogP contribution in [0.3, 0.4) is 0 Å². The van der Waals surface area contributed by atoms with E-state index in [0.717, 1.165) is 5.56 Å². The van der Waals surface area contributed by atoms with Crippen LogP contribution in [0.1, 0.15) is 12.5 Å². The van der Waals surface area contributed by atoms with Gasteiger partial charge in [-0.05, 0) is 31.0 Å². The third-order valence-electron chi connectivity index (χ3n) is 2.60. The van der Waals surface area contributed by atoms with Crippen LogP contribution >= 0.6 is 0 Å². The van der Waals surface area contributed by atoms with Crippen molar-refractivity contribution in [3.8, 4) is 0 Å². The number of hydrogen-bond acceptors (Lipinski definition) is 3. The molecule has 0 amide bonds. The van der Waals surface area contributed by atoms with Crippen LogP contribution in [0.5, 0.6) is 0 Å². The predicted octanol–water partition coefficient (Wildman–Crippen LogP) is 2.64. The zero-order chi connectivity index (χ0) is 12.7. The van der Waals surface area contributed by atoms with Crippen LogP contribution in [-0.4, -0.2) is 29.6 Å². The van der Waals surface area contributed by atoms with E-state index in [1.807, 2.05) is 13.0 Å². The Bertz CT molecular complexity index is 342. The van der Waals surface area contributed by atoms with E-state index in [-0.39, 0.29) is 5.82 Å². The van der Waals surface area contributed by atoms with Gasteiger partial charge in [-0.25, -0.2) is 4.39 Å². The molecule has 0 saturated carbocycles. The van der Waals surface area contributed by atoms with Crippen LogP contribution in [0.25, 0.3) is 0 Å². The first-order valence-corrected chi connectivity index (χ1v) is 7.57. The molecule has 0 aromatic heterocycles. The number of halogens is 1. The van der Waals surface area contributed by atoms with E-state index in [9.17, 15) is 4.39 Å². The van der Waals surface area contributed by atoms with Crippen LogP contribution in [0, 0.1) is 5.82 Å². The van der Waals surface area contributed by atoms with Crippen molar-refractivity contribution >= 4 is 8.80 Å². The van der Waals surface area contributed by atoms with Gasteiger partial charge in [-0.3, -0.25) is 0 Å². The molecule has 5 heteroatoms. The largest absolute Gasteiger partial charge is 0.500 e. The maximum absolute atomic E-state index is 13.0. The molecule has 3 nitrogen and oxygen atoms in total. The van der Waals surface area contributed by atoms with Gasteiger partial charge in [0, 0.05) is 26.9 Å². The van der Waals surface area contributed by atoms with Gasteiger partial charge in [0.25, 0.3) is 0 Å². The van der Waals surface area contributed by atoms with E-state index in [1.165, 1.54) is 12.1 Å². The van der Waals surface area contributed by atoms with Gasteiger partial charge >= 0.3 is 8.80 Å². The summed E-state index contributed by atoms with van der Waals surface area (Å²) in [5.41, 5.74) is 0.927. The van der Waals surface area contributed by atoms with E-state index < -0.39 is 8.80 Å². The SMILES string of the molecule is CCO[Si](CCc1cccc(F)c1)(OC)OC. The molecular formula is C12H19FO3Si. The lowest BCUT2D eigenvalue weighted by Gasteiger charge is -2.25. The van der Waals surface area contributed by atoms with Gasteiger partial charge in [0.2, 0.25) is 0 Å². The highest BCUT2D eigenvalue weighted by Gasteiger charge is 2.37. The van der Waals surface area contributed by atoms with Crippen molar-refractivity contribution in [3.05, 3.63) is 35.6 Å². The number of aryl methyl sites for hydroxylation is 1. The molecule has 0 aliphatic rings. The van der Waals surface area contributed by atoms with Crippen LogP contribution in [-0.2, 0) is 19.7 Å². The fourth-order valence-electron chi connectivity index (χ4n) is 1.69. The third kappa shape index (κ3) is 4.20. The Balaban J connectivity index is 2.63. The minimum atomic E-state index is -2.57. The Labute approximate surface area is 103 Å². The summed E-state index contributed by atoms with van der Waals surface area (Å²) >= 11 is 0. The van der Waals surface area contributed by atoms with E-state index >= 15 is 0 Å². The number of benzene rings is 1. The van der Waals surface area contributed by atoms with Crippen molar-refractivity contribution in [1.29, 1.82) is 0 Å². The Morgan fingerprint density at radius 2 is 1.94 bits per heavy atom. The van der Waals surface area contributed by atoms with Gasteiger partial charge in [-0.15, -0.1) is 0 Å². The second kappa shape index (κ2) is 6.86. The molecule has 0 heterocycles. The predicted molar refractivity (Wildman–Crippen MR) is 66.3 cm³/mol. The van der Waals surface area contributed by atoms with Crippen LogP contribution in [0.4, 0.5) is 4.39 Å². The van der Waals surface area contributed by atoms with E-state index in [1.54, 1.807) is 20.3 Å². The van der Waals surface area contributed by atoms with Crippen molar-refractivity contribution in [2.45, 2.75) is 19.4 Å². The summed E-state index contributed by atoms with van der Waals surface area (Å²) in [4.78, 5) is 0. The summed E-state index contributed by atoms with van der Waals surface area (Å²) in [5.74, 6) is -0.221. The second-order valence-corrected chi connectivity index (χ2v) is 6.63. The molecule has 0 atom stereocenters. The molecule has 17 heavy (non-hydrogen) atoms. The summed E-state index contributed by atoms with van der Waals surface area (Å²) in [6.07, 6.45) is 0.686. The van der Waals surface area contributed by atoms with Crippen molar-refractivity contribution in [3.63, 3.8) is 0 Å². The minimum Gasteiger partial charge on any atom is -0.377 e. The van der Waals surface area contributed by atoms with Gasteiger partial charge in [0.05, 0.1) is 0 Å². The van der Waals surface area contributed by atoms with Gasteiger partial charge in [0.15, 0.2) is 0 Å². The van der Waals surface area contributed by atoms with E-state index in [0.29, 0.717) is 19.1 Å². The van der Waals surface area contributed by atoms with Crippen LogP contribution in [0.15, 0.2) is 24.3 Å². The number of rotatable bonds is 7. The highest BCUT2D eigenvalue weighted by Crippen LogP contribution is 2.17. The summed E-state index contributed by atoms with van der Waals surface area (Å²) in [6, 6.07) is 7.20. The fourth-order valence-corrected chi connectivity index (χ4v) is 3.68. The van der Waals surface area contributed by atoms with Crippen LogP contribution in [0.2, 0.25) is 6.04 Å². The molecule has 0 N–H and O–H groups in total. The molecule has 0 spiro atoms. The van der Waals surface area contributed by atoms with Gasteiger partial charge < -0.3 is 13.3 Å². The average molecular weight is 258 g/mol. The lowest BCUT2D eigenvalue weighted by Crippen LogP contribution is -2.44. The first kappa shape index (κ1) is 14.3. The quantitative estimate of drug-likeness (QED) is 0.704. The molecule has 1 rings (SSSR count). The van der Waals surface area contributed by atoms with Crippen molar-refractivity contribution in [1.82, 2.24) is 0 Å². The standard InChI is InChI=1S/C12H19FO3Si/c1-4-16-17(14-2,15-3)9-8-11-6-5-7-12(13)10-11/h5-7,10H,4,8-9H2,1-3H3. The molecule has 0 unspecified atom stereocenters. The molecule has 0 aliphatic carbocycles. The molecule has 0 saturated heterocycles. The lowest BCUT2D eigenvalue weighted by atomic mass is 10.2. The first-order chi connectivity index (χ1) is 8.15. The summed E-state index contributed by atoms with van der Waals surface area (Å²) < 4.78 is 29.4. The molecule has 0 radical (unpaired) electrons. The van der Waals surface area contributed by atoms with Gasteiger partial charge in [-0.2, -0.15) is 0 Å². The molecule has 0 aliphatic heterocycles. The Morgan fingerprint density at radius 3 is 2.47 bits per heavy atom. The minimum absolute atomic E-state index is 0.221. The zero-order valence-corrected chi connectivity index (χ0v) is 11.5. The zero-order valence-electron chi connectivity index (χ0n) is 10.5. The molecule has 1 aromatic carbocycles. The third-order valence-corrected chi connectivity index (χ3v) is 5.43. The maximum atomic E-state index is 13.0. The lowest BCUT2D eigenvalue weighted by molar-refractivity contribution is 0.104. The van der Waals surface area contributed by atoms with Gasteiger partial charge in [-0.1, -0.05) is 12.1 Å². The van der Waals surface area contributed by atoms with Crippen molar-refractivity contribution in [2.75, 3.05) is 20.8 Å². The average Bonchev–Trinajstić information content (AvgIpc) is 2.35. The first-order valence-electron chi connectivity index (χ1n) is 5.64. The van der Waals surface area contributed by atoms with Crippen molar-refractivity contribution < 1.29 is 17.7 Å². The monoisotopic (exact) mass is 258 g/mol. The topological polar surface area (TPSA) is 27.7 Å². The maximum Gasteiger partial charge on any atom is 0.500 e. The molecule has 1 aromatic rings. The summed E-state index contributed by atoms with van der Waals surface area (Å²) in [5, 5.41) is 0. The number of hydrogen-bond donors (Lipinski definition) is 0. The molecule has 0 fully saturated rings. The van der Waals surface area contributed by atoms with Crippen LogP contribution < -0.4 is 0 Å². The Kier molecular flexibility index (Phi) is 5.77. The molecular weight excluding hydrogens is 239 g/mol. The Morgan fingerprint density at radius 1 is 1.24 bits per heavy atom. The molecule has 0 bridgehead atoms. The fraction of sp³-hybridized carbons (Fsp3) is 0.500. The normalized spacial score (nSPS) is 11.8.